The Kier molecular flexibility index (Phi) is 5.03. The first kappa shape index (κ1) is 21.9. The van der Waals surface area contributed by atoms with Crippen LogP contribution in [0.25, 0.3) is 34.0 Å². The minimum Gasteiger partial charge on any atom is -0.491 e. The third-order valence-corrected chi connectivity index (χ3v) is 6.06. The average Bonchev–Trinajstić information content (AvgIpc) is 3.50. The second-order valence-electron chi connectivity index (χ2n) is 9.26. The van der Waals surface area contributed by atoms with Crippen molar-refractivity contribution >= 4 is 5.97 Å². The number of aromatic nitrogens is 7. The lowest BCUT2D eigenvalue weighted by molar-refractivity contribution is -0.146. The van der Waals surface area contributed by atoms with Gasteiger partial charge in [0.15, 0.2) is 11.4 Å². The van der Waals surface area contributed by atoms with E-state index in [-0.39, 0.29) is 6.04 Å². The highest BCUT2D eigenvalue weighted by Gasteiger charge is 2.30. The molecule has 0 amide bonds. The second kappa shape index (κ2) is 7.82. The molecule has 0 bridgehead atoms. The number of imidazole rings is 1. The minimum atomic E-state index is -1.14. The zero-order chi connectivity index (χ0) is 24.2. The number of carboxylic acids is 1. The maximum absolute atomic E-state index is 11.6. The Balaban J connectivity index is 1.53. The van der Waals surface area contributed by atoms with Crippen LogP contribution in [0.2, 0.25) is 0 Å². The van der Waals surface area contributed by atoms with Crippen LogP contribution in [0.1, 0.15) is 39.6 Å². The molecule has 0 saturated carbocycles. The van der Waals surface area contributed by atoms with E-state index in [0.29, 0.717) is 19.0 Å². The van der Waals surface area contributed by atoms with Gasteiger partial charge in [-0.3, -0.25) is 4.68 Å². The number of aryl methyl sites for hydroxylation is 1. The lowest BCUT2D eigenvalue weighted by Gasteiger charge is -2.19. The van der Waals surface area contributed by atoms with Gasteiger partial charge in [0, 0.05) is 24.0 Å². The maximum atomic E-state index is 11.6. The third kappa shape index (κ3) is 3.55. The molecule has 10 nitrogen and oxygen atoms in total. The smallest absolute Gasteiger partial charge is 0.331 e. The van der Waals surface area contributed by atoms with Crippen molar-refractivity contribution in [2.24, 2.45) is 0 Å². The number of rotatable bonds is 5. The van der Waals surface area contributed by atoms with Gasteiger partial charge in [-0.1, -0.05) is 6.07 Å². The Labute approximate surface area is 196 Å². The molecule has 3 aromatic heterocycles. The molecule has 0 unspecified atom stereocenters. The number of carboxylic acid groups (broad SMARTS) is 1. The monoisotopic (exact) mass is 461 g/mol. The number of benzene rings is 1. The molecule has 1 N–H and O–H groups in total. The van der Waals surface area contributed by atoms with E-state index in [4.69, 9.17) is 9.72 Å². The van der Waals surface area contributed by atoms with E-state index in [1.807, 2.05) is 36.0 Å². The number of carbonyl (C=O) groups is 1. The van der Waals surface area contributed by atoms with E-state index in [9.17, 15) is 9.90 Å². The molecule has 0 fully saturated rings. The summed E-state index contributed by atoms with van der Waals surface area (Å²) in [7, 11) is 0. The molecule has 0 radical (unpaired) electrons. The summed E-state index contributed by atoms with van der Waals surface area (Å²) in [4.78, 5) is 21.1. The Morgan fingerprint density at radius 3 is 2.68 bits per heavy atom. The molecule has 10 heteroatoms. The fourth-order valence-corrected chi connectivity index (χ4v) is 4.01. The zero-order valence-electron chi connectivity index (χ0n) is 19.8. The summed E-state index contributed by atoms with van der Waals surface area (Å²) in [6.07, 6.45) is 5.41. The highest BCUT2D eigenvalue weighted by molar-refractivity contribution is 5.77. The van der Waals surface area contributed by atoms with Crippen molar-refractivity contribution < 1.29 is 14.6 Å². The molecular weight excluding hydrogens is 434 g/mol. The van der Waals surface area contributed by atoms with Crippen LogP contribution in [0.5, 0.6) is 5.75 Å². The highest BCUT2D eigenvalue weighted by atomic mass is 16.5. The summed E-state index contributed by atoms with van der Waals surface area (Å²) >= 11 is 0. The van der Waals surface area contributed by atoms with Gasteiger partial charge in [-0.25, -0.2) is 19.4 Å². The van der Waals surface area contributed by atoms with E-state index in [1.54, 1.807) is 26.2 Å². The first-order valence-corrected chi connectivity index (χ1v) is 11.2. The third-order valence-electron chi connectivity index (χ3n) is 6.06. The van der Waals surface area contributed by atoms with E-state index >= 15 is 0 Å². The van der Waals surface area contributed by atoms with Crippen LogP contribution in [0.3, 0.4) is 0 Å². The van der Waals surface area contributed by atoms with E-state index in [1.165, 1.54) is 4.68 Å². The average molecular weight is 462 g/mol. The fourth-order valence-electron chi connectivity index (χ4n) is 4.01. The topological polar surface area (TPSA) is 113 Å². The highest BCUT2D eigenvalue weighted by Crippen LogP contribution is 2.37. The van der Waals surface area contributed by atoms with Crippen molar-refractivity contribution in [3.05, 3.63) is 42.6 Å². The Morgan fingerprint density at radius 1 is 1.15 bits per heavy atom. The van der Waals surface area contributed by atoms with Gasteiger partial charge < -0.3 is 14.4 Å². The van der Waals surface area contributed by atoms with Crippen LogP contribution in [0.15, 0.2) is 36.8 Å². The first-order valence-electron chi connectivity index (χ1n) is 11.2. The lowest BCUT2D eigenvalue weighted by atomic mass is 10.0. The SMILES string of the molecule is Cc1nc(-c2cn3c(n2)-c2ccc(-c4cnn(C(C)(C)C(=O)O)c4)cc2OCC3)n(C(C)C)n1. The standard InChI is InChI=1S/C24H27N7O3/c1-14(2)31-22(26-15(3)28-31)19-13-29-8-9-34-20-10-16(6-7-18(20)21(29)27-19)17-11-25-30(12-17)24(4,5)23(32)33/h6-7,10-14H,8-9H2,1-5H3,(H,32,33). The van der Waals surface area contributed by atoms with Crippen LogP contribution in [-0.2, 0) is 16.9 Å². The predicted molar refractivity (Wildman–Crippen MR) is 125 cm³/mol. The summed E-state index contributed by atoms with van der Waals surface area (Å²) in [6, 6.07) is 6.08. The van der Waals surface area contributed by atoms with Crippen molar-refractivity contribution in [1.82, 2.24) is 34.1 Å². The van der Waals surface area contributed by atoms with Crippen molar-refractivity contribution in [3.8, 4) is 39.8 Å². The van der Waals surface area contributed by atoms with E-state index < -0.39 is 11.5 Å². The molecular formula is C24H27N7O3. The molecule has 5 rings (SSSR count). The summed E-state index contributed by atoms with van der Waals surface area (Å²) in [5, 5.41) is 18.3. The molecule has 0 spiro atoms. The quantitative estimate of drug-likeness (QED) is 0.481. The van der Waals surface area contributed by atoms with Crippen LogP contribution < -0.4 is 4.74 Å². The van der Waals surface area contributed by atoms with Gasteiger partial charge in [-0.15, -0.1) is 0 Å². The van der Waals surface area contributed by atoms with Crippen molar-refractivity contribution in [1.29, 1.82) is 0 Å². The largest absolute Gasteiger partial charge is 0.491 e. The van der Waals surface area contributed by atoms with Gasteiger partial charge in [0.05, 0.1) is 18.3 Å². The number of fused-ring (bicyclic) bond motifs is 3. The number of nitrogens with zero attached hydrogens (tertiary/aromatic N) is 7. The van der Waals surface area contributed by atoms with Crippen LogP contribution in [-0.4, -0.2) is 51.8 Å². The van der Waals surface area contributed by atoms with Gasteiger partial charge in [0.1, 0.15) is 29.7 Å². The first-order chi connectivity index (χ1) is 16.1. The van der Waals surface area contributed by atoms with Gasteiger partial charge in [-0.05, 0) is 52.3 Å². The molecule has 4 aromatic rings. The van der Waals surface area contributed by atoms with Crippen molar-refractivity contribution in [2.45, 2.75) is 52.7 Å². The van der Waals surface area contributed by atoms with Gasteiger partial charge in [0.25, 0.3) is 0 Å². The van der Waals surface area contributed by atoms with E-state index in [0.717, 1.165) is 39.8 Å². The second-order valence-corrected chi connectivity index (χ2v) is 9.26. The number of hydrogen-bond acceptors (Lipinski definition) is 6. The molecule has 0 atom stereocenters. The summed E-state index contributed by atoms with van der Waals surface area (Å²) in [5.74, 6) is 2.05. The van der Waals surface area contributed by atoms with Crippen LogP contribution >= 0.6 is 0 Å². The maximum Gasteiger partial charge on any atom is 0.331 e. The number of hydrogen-bond donors (Lipinski definition) is 1. The summed E-state index contributed by atoms with van der Waals surface area (Å²) < 4.78 is 11.5. The van der Waals surface area contributed by atoms with Gasteiger partial charge in [-0.2, -0.15) is 10.2 Å². The van der Waals surface area contributed by atoms with Crippen molar-refractivity contribution in [2.75, 3.05) is 6.61 Å². The minimum absolute atomic E-state index is 0.169. The molecule has 1 aliphatic heterocycles. The van der Waals surface area contributed by atoms with Gasteiger partial charge in [0.2, 0.25) is 0 Å². The molecule has 1 aromatic carbocycles. The van der Waals surface area contributed by atoms with Crippen LogP contribution in [0.4, 0.5) is 0 Å². The summed E-state index contributed by atoms with van der Waals surface area (Å²) in [6.45, 7) is 10.4. The molecule has 34 heavy (non-hydrogen) atoms. The van der Waals surface area contributed by atoms with Gasteiger partial charge >= 0.3 is 5.97 Å². The Hall–Kier alpha value is -3.95. The molecule has 1 aliphatic rings. The Morgan fingerprint density at radius 2 is 1.94 bits per heavy atom. The van der Waals surface area contributed by atoms with Crippen molar-refractivity contribution in [3.63, 3.8) is 0 Å². The number of ether oxygens (including phenoxy) is 1. The Bertz CT molecular complexity index is 1390. The fraction of sp³-hybridized carbons (Fsp3) is 0.375. The number of aliphatic carboxylic acids is 1. The zero-order valence-corrected chi connectivity index (χ0v) is 19.8. The van der Waals surface area contributed by atoms with E-state index in [2.05, 4.69) is 33.6 Å². The molecule has 176 valence electrons. The lowest BCUT2D eigenvalue weighted by Crippen LogP contribution is -2.35. The molecule has 0 aliphatic carbocycles. The van der Waals surface area contributed by atoms with Crippen LogP contribution in [0, 0.1) is 6.92 Å². The normalized spacial score (nSPS) is 13.4. The molecule has 4 heterocycles. The summed E-state index contributed by atoms with van der Waals surface area (Å²) in [5.41, 5.74) is 2.23. The molecule has 0 saturated heterocycles. The predicted octanol–water partition coefficient (Wildman–Crippen LogP) is 3.77.